The fraction of sp³-hybridized carbons (Fsp3) is 0.261. The number of hydrogen-bond acceptors (Lipinski definition) is 4. The normalized spacial score (nSPS) is 16.5. The van der Waals surface area contributed by atoms with E-state index >= 15 is 0 Å². The summed E-state index contributed by atoms with van der Waals surface area (Å²) >= 11 is 6.03. The Balaban J connectivity index is 1.55. The minimum atomic E-state index is -0.305. The number of hydrogen-bond donors (Lipinski definition) is 1. The number of halogens is 2. The second kappa shape index (κ2) is 8.79. The third-order valence-corrected chi connectivity index (χ3v) is 5.67. The summed E-state index contributed by atoms with van der Waals surface area (Å²) in [6.07, 6.45) is 3.78. The summed E-state index contributed by atoms with van der Waals surface area (Å²) in [5, 5.41) is 0.659. The van der Waals surface area contributed by atoms with Crippen LogP contribution in [0.2, 0.25) is 5.02 Å². The summed E-state index contributed by atoms with van der Waals surface area (Å²) < 4.78 is 13.1. The van der Waals surface area contributed by atoms with E-state index in [1.165, 1.54) is 12.1 Å². The van der Waals surface area contributed by atoms with Gasteiger partial charge in [-0.25, -0.2) is 14.4 Å². The molecule has 1 amide bonds. The molecule has 4 rings (SSSR count). The summed E-state index contributed by atoms with van der Waals surface area (Å²) in [5.41, 5.74) is 9.41. The largest absolute Gasteiger partial charge is 0.368 e. The van der Waals surface area contributed by atoms with E-state index in [2.05, 4.69) is 9.97 Å². The van der Waals surface area contributed by atoms with Gasteiger partial charge in [-0.3, -0.25) is 4.79 Å². The summed E-state index contributed by atoms with van der Waals surface area (Å²) in [5.74, 6) is 0.00562. The van der Waals surface area contributed by atoms with E-state index < -0.39 is 0 Å². The minimum absolute atomic E-state index is 0.0291. The summed E-state index contributed by atoms with van der Waals surface area (Å²) in [6.45, 7) is 1.27. The molecule has 154 valence electrons. The molecule has 2 heterocycles. The molecule has 1 aliphatic heterocycles. The van der Waals surface area contributed by atoms with Gasteiger partial charge in [-0.15, -0.1) is 0 Å². The minimum Gasteiger partial charge on any atom is -0.368 e. The van der Waals surface area contributed by atoms with Crippen molar-refractivity contribution in [3.05, 3.63) is 76.8 Å². The van der Waals surface area contributed by atoms with Crippen molar-refractivity contribution in [1.82, 2.24) is 14.9 Å². The standard InChI is InChI=1S/C23H22ClFN4O/c24-18-7-5-16(6-8-18)20-13-27-23(26)28-22(20)17-2-1-11-29(14-17)21(30)12-15-3-9-19(25)10-4-15/h3-10,13,17H,1-2,11-12,14H2,(H2,26,27,28). The first-order valence-electron chi connectivity index (χ1n) is 9.90. The molecule has 1 aromatic heterocycles. The Morgan fingerprint density at radius 2 is 1.90 bits per heavy atom. The fourth-order valence-electron chi connectivity index (χ4n) is 3.89. The highest BCUT2D eigenvalue weighted by atomic mass is 35.5. The van der Waals surface area contributed by atoms with E-state index in [0.29, 0.717) is 18.1 Å². The molecule has 0 saturated carbocycles. The molecule has 2 aromatic carbocycles. The highest BCUT2D eigenvalue weighted by Crippen LogP contribution is 2.34. The number of rotatable bonds is 4. The number of aromatic nitrogens is 2. The van der Waals surface area contributed by atoms with E-state index in [1.54, 1.807) is 18.3 Å². The molecule has 0 radical (unpaired) electrons. The van der Waals surface area contributed by atoms with Crippen LogP contribution in [0, 0.1) is 5.82 Å². The van der Waals surface area contributed by atoms with E-state index in [9.17, 15) is 9.18 Å². The van der Waals surface area contributed by atoms with Gasteiger partial charge in [0.05, 0.1) is 12.1 Å². The summed E-state index contributed by atoms with van der Waals surface area (Å²) in [7, 11) is 0. The maximum absolute atomic E-state index is 13.1. The number of nitrogens with zero attached hydrogens (tertiary/aromatic N) is 3. The van der Waals surface area contributed by atoms with Gasteiger partial charge in [-0.2, -0.15) is 0 Å². The Morgan fingerprint density at radius 1 is 1.17 bits per heavy atom. The predicted molar refractivity (Wildman–Crippen MR) is 116 cm³/mol. The number of likely N-dealkylation sites (tertiary alicyclic amines) is 1. The Morgan fingerprint density at radius 3 is 2.63 bits per heavy atom. The molecule has 0 bridgehead atoms. The molecule has 1 unspecified atom stereocenters. The van der Waals surface area contributed by atoms with Gasteiger partial charge in [0.15, 0.2) is 0 Å². The number of carbonyl (C=O) groups excluding carboxylic acids is 1. The Labute approximate surface area is 179 Å². The lowest BCUT2D eigenvalue weighted by atomic mass is 9.89. The maximum atomic E-state index is 13.1. The van der Waals surface area contributed by atoms with Crippen LogP contribution in [-0.2, 0) is 11.2 Å². The summed E-state index contributed by atoms with van der Waals surface area (Å²) in [6, 6.07) is 13.6. The molecule has 2 N–H and O–H groups in total. The van der Waals surface area contributed by atoms with Crippen molar-refractivity contribution in [2.75, 3.05) is 18.8 Å². The lowest BCUT2D eigenvalue weighted by molar-refractivity contribution is -0.131. The number of carbonyl (C=O) groups is 1. The molecular formula is C23H22ClFN4O. The SMILES string of the molecule is Nc1ncc(-c2ccc(Cl)cc2)c(C2CCCN(C(=O)Cc3ccc(F)cc3)C2)n1. The lowest BCUT2D eigenvalue weighted by Gasteiger charge is -2.33. The van der Waals surface area contributed by atoms with Gasteiger partial charge >= 0.3 is 0 Å². The Hall–Kier alpha value is -2.99. The van der Waals surface area contributed by atoms with Crippen LogP contribution in [0.4, 0.5) is 10.3 Å². The van der Waals surface area contributed by atoms with Crippen molar-refractivity contribution in [2.45, 2.75) is 25.2 Å². The first kappa shape index (κ1) is 20.3. The van der Waals surface area contributed by atoms with Crippen LogP contribution >= 0.6 is 11.6 Å². The van der Waals surface area contributed by atoms with Gasteiger partial charge in [-0.05, 0) is 48.2 Å². The van der Waals surface area contributed by atoms with Crippen LogP contribution in [0.5, 0.6) is 0 Å². The Bertz CT molecular complexity index is 1040. The molecule has 5 nitrogen and oxygen atoms in total. The van der Waals surface area contributed by atoms with Crippen molar-refractivity contribution in [3.63, 3.8) is 0 Å². The molecule has 1 fully saturated rings. The number of piperidine rings is 1. The van der Waals surface area contributed by atoms with Gasteiger partial charge in [-0.1, -0.05) is 35.9 Å². The zero-order valence-corrected chi connectivity index (χ0v) is 17.1. The van der Waals surface area contributed by atoms with Crippen LogP contribution in [0.1, 0.15) is 30.0 Å². The van der Waals surface area contributed by atoms with Gasteiger partial charge in [0.2, 0.25) is 11.9 Å². The smallest absolute Gasteiger partial charge is 0.227 e. The third-order valence-electron chi connectivity index (χ3n) is 5.42. The number of amides is 1. The van der Waals surface area contributed by atoms with E-state index in [1.807, 2.05) is 29.2 Å². The first-order valence-corrected chi connectivity index (χ1v) is 10.3. The van der Waals surface area contributed by atoms with Crippen molar-refractivity contribution < 1.29 is 9.18 Å². The van der Waals surface area contributed by atoms with Crippen LogP contribution in [-0.4, -0.2) is 33.9 Å². The van der Waals surface area contributed by atoms with E-state index in [4.69, 9.17) is 17.3 Å². The second-order valence-corrected chi connectivity index (χ2v) is 7.95. The molecule has 3 aromatic rings. The fourth-order valence-corrected chi connectivity index (χ4v) is 4.01. The monoisotopic (exact) mass is 424 g/mol. The predicted octanol–water partition coefficient (Wildman–Crippen LogP) is 4.47. The molecule has 30 heavy (non-hydrogen) atoms. The lowest BCUT2D eigenvalue weighted by Crippen LogP contribution is -2.40. The molecule has 1 aliphatic rings. The van der Waals surface area contributed by atoms with Crippen LogP contribution in [0.3, 0.4) is 0 Å². The summed E-state index contributed by atoms with van der Waals surface area (Å²) in [4.78, 5) is 23.4. The topological polar surface area (TPSA) is 72.1 Å². The highest BCUT2D eigenvalue weighted by molar-refractivity contribution is 6.30. The van der Waals surface area contributed by atoms with Crippen LogP contribution < -0.4 is 5.73 Å². The first-order chi connectivity index (χ1) is 14.5. The van der Waals surface area contributed by atoms with Gasteiger partial charge < -0.3 is 10.6 Å². The van der Waals surface area contributed by atoms with Crippen molar-refractivity contribution in [1.29, 1.82) is 0 Å². The van der Waals surface area contributed by atoms with Gasteiger partial charge in [0.1, 0.15) is 5.82 Å². The number of nitrogen functional groups attached to an aromatic ring is 1. The average molecular weight is 425 g/mol. The molecule has 1 atom stereocenters. The molecular weight excluding hydrogens is 403 g/mol. The maximum Gasteiger partial charge on any atom is 0.227 e. The van der Waals surface area contributed by atoms with Crippen LogP contribution in [0.25, 0.3) is 11.1 Å². The average Bonchev–Trinajstić information content (AvgIpc) is 2.76. The Kier molecular flexibility index (Phi) is 5.95. The zero-order chi connectivity index (χ0) is 21.1. The van der Waals surface area contributed by atoms with E-state index in [0.717, 1.165) is 35.2 Å². The van der Waals surface area contributed by atoms with Crippen molar-refractivity contribution in [2.24, 2.45) is 0 Å². The highest BCUT2D eigenvalue weighted by Gasteiger charge is 2.28. The van der Waals surface area contributed by atoms with Crippen molar-refractivity contribution >= 4 is 23.5 Å². The zero-order valence-electron chi connectivity index (χ0n) is 16.4. The molecule has 7 heteroatoms. The molecule has 0 aliphatic carbocycles. The van der Waals surface area contributed by atoms with E-state index in [-0.39, 0.29) is 30.0 Å². The van der Waals surface area contributed by atoms with Gasteiger partial charge in [0.25, 0.3) is 0 Å². The van der Waals surface area contributed by atoms with Crippen LogP contribution in [0.15, 0.2) is 54.7 Å². The number of anilines is 1. The second-order valence-electron chi connectivity index (χ2n) is 7.52. The number of nitrogens with two attached hydrogens (primary N) is 1. The molecule has 1 saturated heterocycles. The van der Waals surface area contributed by atoms with Gasteiger partial charge in [0, 0.05) is 35.8 Å². The number of benzene rings is 2. The molecule has 0 spiro atoms. The third kappa shape index (κ3) is 4.60. The van der Waals surface area contributed by atoms with Crippen molar-refractivity contribution in [3.8, 4) is 11.1 Å². The quantitative estimate of drug-likeness (QED) is 0.670.